The van der Waals surface area contributed by atoms with Crippen molar-refractivity contribution in [3.8, 4) is 0 Å². The molecule has 3 heterocycles. The Balaban J connectivity index is 1.21. The lowest BCUT2D eigenvalue weighted by Gasteiger charge is -2.32. The van der Waals surface area contributed by atoms with Gasteiger partial charge in [0.05, 0.1) is 11.8 Å². The van der Waals surface area contributed by atoms with E-state index in [1.807, 2.05) is 0 Å². The topological polar surface area (TPSA) is 87.2 Å². The third-order valence-corrected chi connectivity index (χ3v) is 7.23. The van der Waals surface area contributed by atoms with Gasteiger partial charge >= 0.3 is 0 Å². The molecule has 1 saturated heterocycles. The van der Waals surface area contributed by atoms with Gasteiger partial charge in [-0.25, -0.2) is 14.4 Å². The van der Waals surface area contributed by atoms with Gasteiger partial charge in [-0.2, -0.15) is 0 Å². The maximum absolute atomic E-state index is 13.2. The summed E-state index contributed by atoms with van der Waals surface area (Å²) in [6.45, 7) is 6.46. The minimum atomic E-state index is -0.358. The van der Waals surface area contributed by atoms with Crippen molar-refractivity contribution in [3.63, 3.8) is 0 Å². The van der Waals surface area contributed by atoms with Gasteiger partial charge in [0.2, 0.25) is 11.8 Å². The van der Waals surface area contributed by atoms with Crippen LogP contribution in [0.3, 0.4) is 0 Å². The highest BCUT2D eigenvalue weighted by Gasteiger charge is 2.27. The fourth-order valence-electron chi connectivity index (χ4n) is 4.18. The number of hydrogen-bond donors (Lipinski definition) is 2. The first-order valence-corrected chi connectivity index (χ1v) is 12.0. The fourth-order valence-corrected chi connectivity index (χ4v) is 5.18. The smallest absolute Gasteiger partial charge is 0.224 e. The molecule has 0 spiro atoms. The predicted octanol–water partition coefficient (Wildman–Crippen LogP) is 3.14. The van der Waals surface area contributed by atoms with E-state index in [0.29, 0.717) is 18.7 Å². The number of benzene rings is 1. The average molecular weight is 470 g/mol. The summed E-state index contributed by atoms with van der Waals surface area (Å²) in [5.41, 5.74) is 1.85. The van der Waals surface area contributed by atoms with Gasteiger partial charge in [-0.15, -0.1) is 11.3 Å². The number of rotatable bonds is 7. The minimum absolute atomic E-state index is 0.0180. The second-order valence-corrected chi connectivity index (χ2v) is 9.57. The van der Waals surface area contributed by atoms with E-state index in [2.05, 4.69) is 39.3 Å². The normalized spacial score (nSPS) is 14.5. The van der Waals surface area contributed by atoms with Gasteiger partial charge in [-0.05, 0) is 49.9 Å². The predicted molar refractivity (Wildman–Crippen MR) is 128 cm³/mol. The molecule has 3 aromatic rings. The number of thiophene rings is 1. The van der Waals surface area contributed by atoms with Crippen LogP contribution < -0.4 is 15.5 Å². The Kier molecular flexibility index (Phi) is 7.17. The molecule has 1 aliphatic heterocycles. The highest BCUT2D eigenvalue weighted by Crippen LogP contribution is 2.35. The third-order valence-electron chi connectivity index (χ3n) is 6.11. The Morgan fingerprint density at radius 1 is 1.15 bits per heavy atom. The van der Waals surface area contributed by atoms with Gasteiger partial charge < -0.3 is 15.5 Å². The Labute approximate surface area is 196 Å². The molecule has 2 N–H and O–H groups in total. The summed E-state index contributed by atoms with van der Waals surface area (Å²) < 4.78 is 13.2. The molecule has 2 amide bonds. The zero-order valence-electron chi connectivity index (χ0n) is 18.9. The summed E-state index contributed by atoms with van der Waals surface area (Å²) in [6.07, 6.45) is 3.24. The number of carbonyl (C=O) groups is 2. The number of halogens is 1. The van der Waals surface area contributed by atoms with E-state index in [1.54, 1.807) is 29.8 Å². The molecule has 9 heteroatoms. The number of nitrogens with zero attached hydrogens (tertiary/aromatic N) is 3. The van der Waals surface area contributed by atoms with E-state index in [4.69, 9.17) is 0 Å². The SMILES string of the molecule is Cc1sc2ncnc(N3CCC(C(=O)NCCNC(=O)Cc4cccc(F)c4)CC3)c2c1C. The number of amides is 2. The number of aromatic nitrogens is 2. The van der Waals surface area contributed by atoms with Crippen molar-refractivity contribution < 1.29 is 14.0 Å². The molecule has 174 valence electrons. The molecular formula is C24H28FN5O2S. The maximum atomic E-state index is 13.2. The van der Waals surface area contributed by atoms with Crippen LogP contribution in [0.4, 0.5) is 10.2 Å². The summed E-state index contributed by atoms with van der Waals surface area (Å²) in [5.74, 6) is 0.375. The summed E-state index contributed by atoms with van der Waals surface area (Å²) in [4.78, 5) is 38.0. The van der Waals surface area contributed by atoms with Crippen LogP contribution in [0.5, 0.6) is 0 Å². The van der Waals surface area contributed by atoms with Crippen molar-refractivity contribution >= 4 is 39.2 Å². The first-order valence-electron chi connectivity index (χ1n) is 11.2. The Morgan fingerprint density at radius 2 is 1.91 bits per heavy atom. The van der Waals surface area contributed by atoms with Gasteiger partial charge in [-0.1, -0.05) is 12.1 Å². The molecule has 1 aromatic carbocycles. The van der Waals surface area contributed by atoms with Gasteiger partial charge in [0.1, 0.15) is 22.8 Å². The third kappa shape index (κ3) is 5.47. The molecule has 0 unspecified atom stereocenters. The number of anilines is 1. The molecule has 1 fully saturated rings. The van der Waals surface area contributed by atoms with Gasteiger partial charge in [0.15, 0.2) is 0 Å². The van der Waals surface area contributed by atoms with Crippen LogP contribution in [0.25, 0.3) is 10.2 Å². The average Bonchev–Trinajstić information content (AvgIpc) is 3.10. The standard InChI is InChI=1S/C24H28FN5O2S/c1-15-16(2)33-24-21(15)22(28-14-29-24)30-10-6-18(7-11-30)23(32)27-9-8-26-20(31)13-17-4-3-5-19(25)12-17/h3-5,12,14,18H,6-11,13H2,1-2H3,(H,26,31)(H,27,32). The van der Waals surface area contributed by atoms with Crippen LogP contribution in [-0.4, -0.2) is 48.0 Å². The van der Waals surface area contributed by atoms with Crippen molar-refractivity contribution in [3.05, 3.63) is 52.4 Å². The van der Waals surface area contributed by atoms with E-state index in [0.717, 1.165) is 42.0 Å². The minimum Gasteiger partial charge on any atom is -0.356 e. The van der Waals surface area contributed by atoms with Crippen LogP contribution in [0, 0.1) is 25.6 Å². The highest BCUT2D eigenvalue weighted by atomic mass is 32.1. The van der Waals surface area contributed by atoms with Crippen LogP contribution in [0.1, 0.15) is 28.8 Å². The molecular weight excluding hydrogens is 441 g/mol. The van der Waals surface area contributed by atoms with Crippen molar-refractivity contribution in [2.24, 2.45) is 5.92 Å². The van der Waals surface area contributed by atoms with Crippen molar-refractivity contribution in [2.45, 2.75) is 33.1 Å². The Hall–Kier alpha value is -3.07. The zero-order chi connectivity index (χ0) is 23.4. The zero-order valence-corrected chi connectivity index (χ0v) is 19.7. The van der Waals surface area contributed by atoms with Crippen LogP contribution in [-0.2, 0) is 16.0 Å². The quantitative estimate of drug-likeness (QED) is 0.519. The number of piperidine rings is 1. The van der Waals surface area contributed by atoms with E-state index < -0.39 is 0 Å². The van der Waals surface area contributed by atoms with E-state index in [-0.39, 0.29) is 30.0 Å². The molecule has 0 radical (unpaired) electrons. The van der Waals surface area contributed by atoms with E-state index in [9.17, 15) is 14.0 Å². The summed E-state index contributed by atoms with van der Waals surface area (Å²) >= 11 is 1.69. The van der Waals surface area contributed by atoms with Crippen molar-refractivity contribution in [1.82, 2.24) is 20.6 Å². The number of carbonyl (C=O) groups excluding carboxylic acids is 2. The van der Waals surface area contributed by atoms with Gasteiger partial charge in [0, 0.05) is 37.0 Å². The summed E-state index contributed by atoms with van der Waals surface area (Å²) in [5, 5.41) is 6.81. The molecule has 2 aromatic heterocycles. The molecule has 7 nitrogen and oxygen atoms in total. The number of hydrogen-bond acceptors (Lipinski definition) is 6. The molecule has 33 heavy (non-hydrogen) atoms. The lowest BCUT2D eigenvalue weighted by Crippen LogP contribution is -2.43. The molecule has 0 atom stereocenters. The van der Waals surface area contributed by atoms with E-state index >= 15 is 0 Å². The largest absolute Gasteiger partial charge is 0.356 e. The van der Waals surface area contributed by atoms with Crippen LogP contribution in [0.15, 0.2) is 30.6 Å². The fraction of sp³-hybridized carbons (Fsp3) is 0.417. The van der Waals surface area contributed by atoms with Gasteiger partial charge in [-0.3, -0.25) is 9.59 Å². The van der Waals surface area contributed by atoms with Crippen molar-refractivity contribution in [1.29, 1.82) is 0 Å². The molecule has 4 rings (SSSR count). The van der Waals surface area contributed by atoms with E-state index in [1.165, 1.54) is 22.6 Å². The Morgan fingerprint density at radius 3 is 2.67 bits per heavy atom. The number of fused-ring (bicyclic) bond motifs is 1. The van der Waals surface area contributed by atoms with Crippen LogP contribution >= 0.6 is 11.3 Å². The number of nitrogens with one attached hydrogen (secondary N) is 2. The maximum Gasteiger partial charge on any atom is 0.224 e. The molecule has 1 aliphatic rings. The second kappa shape index (κ2) is 10.2. The first-order chi connectivity index (χ1) is 15.9. The monoisotopic (exact) mass is 469 g/mol. The lowest BCUT2D eigenvalue weighted by molar-refractivity contribution is -0.126. The van der Waals surface area contributed by atoms with Crippen LogP contribution in [0.2, 0.25) is 0 Å². The molecule has 0 aliphatic carbocycles. The van der Waals surface area contributed by atoms with Gasteiger partial charge in [0.25, 0.3) is 0 Å². The Bertz CT molecular complexity index is 1160. The summed E-state index contributed by atoms with van der Waals surface area (Å²) in [7, 11) is 0. The summed E-state index contributed by atoms with van der Waals surface area (Å²) in [6, 6.07) is 5.99. The first kappa shape index (κ1) is 23.1. The molecule has 0 saturated carbocycles. The molecule has 0 bridgehead atoms. The lowest BCUT2D eigenvalue weighted by atomic mass is 9.95. The van der Waals surface area contributed by atoms with Crippen molar-refractivity contribution in [2.75, 3.05) is 31.1 Å². The highest BCUT2D eigenvalue weighted by molar-refractivity contribution is 7.18. The second-order valence-electron chi connectivity index (χ2n) is 8.37. The number of aryl methyl sites for hydroxylation is 2.